The summed E-state index contributed by atoms with van der Waals surface area (Å²) < 4.78 is 4.56. The molecule has 0 radical (unpaired) electrons. The zero-order valence-electron chi connectivity index (χ0n) is 10.4. The Hall–Kier alpha value is -2.04. The first kappa shape index (κ1) is 12.4. The van der Waals surface area contributed by atoms with Crippen molar-refractivity contribution in [1.82, 2.24) is 5.32 Å². The summed E-state index contributed by atoms with van der Waals surface area (Å²) in [5.74, 6) is -0.636. The third-order valence-corrected chi connectivity index (χ3v) is 3.00. The molecule has 0 aromatic heterocycles. The van der Waals surface area contributed by atoms with Crippen molar-refractivity contribution in [2.24, 2.45) is 0 Å². The molecule has 18 heavy (non-hydrogen) atoms. The molecule has 0 spiro atoms. The summed E-state index contributed by atoms with van der Waals surface area (Å²) in [5.41, 5.74) is 2.09. The highest BCUT2D eigenvalue weighted by Crippen LogP contribution is 2.25. The molecule has 5 nitrogen and oxygen atoms in total. The highest BCUT2D eigenvalue weighted by molar-refractivity contribution is 5.90. The van der Waals surface area contributed by atoms with Gasteiger partial charge in [-0.1, -0.05) is 18.2 Å². The number of carbonyl (C=O) groups is 2. The van der Waals surface area contributed by atoms with Crippen LogP contribution in [-0.4, -0.2) is 31.1 Å². The second-order valence-electron chi connectivity index (χ2n) is 4.31. The second kappa shape index (κ2) is 5.08. The molecule has 0 aliphatic carbocycles. The van der Waals surface area contributed by atoms with Crippen molar-refractivity contribution in [3.05, 3.63) is 29.8 Å². The van der Waals surface area contributed by atoms with Crippen LogP contribution >= 0.6 is 0 Å². The van der Waals surface area contributed by atoms with Crippen molar-refractivity contribution < 1.29 is 14.3 Å². The number of anilines is 1. The molecule has 1 aliphatic heterocycles. The van der Waals surface area contributed by atoms with E-state index in [9.17, 15) is 9.59 Å². The van der Waals surface area contributed by atoms with Gasteiger partial charge in [-0.05, 0) is 18.6 Å². The number of para-hydroxylation sites is 1. The van der Waals surface area contributed by atoms with Crippen LogP contribution in [0.25, 0.3) is 0 Å². The fraction of sp³-hybridized carbons (Fsp3) is 0.385. The minimum absolute atomic E-state index is 0.191. The van der Waals surface area contributed by atoms with Gasteiger partial charge in [0.25, 0.3) is 0 Å². The molecule has 2 rings (SSSR count). The van der Waals surface area contributed by atoms with E-state index in [4.69, 9.17) is 0 Å². The fourth-order valence-electron chi connectivity index (χ4n) is 2.01. The second-order valence-corrected chi connectivity index (χ2v) is 4.31. The number of carbonyl (C=O) groups excluding carboxylic acids is 2. The smallest absolute Gasteiger partial charge is 0.328 e. The zero-order valence-corrected chi connectivity index (χ0v) is 10.4. The van der Waals surface area contributed by atoms with Crippen LogP contribution in [0.1, 0.15) is 12.5 Å². The van der Waals surface area contributed by atoms with Crippen LogP contribution in [0.2, 0.25) is 0 Å². The summed E-state index contributed by atoms with van der Waals surface area (Å²) in [6, 6.07) is 6.83. The summed E-state index contributed by atoms with van der Waals surface area (Å²) in [6.45, 7) is 1.60. The Kier molecular flexibility index (Phi) is 3.50. The molecule has 0 saturated heterocycles. The van der Waals surface area contributed by atoms with E-state index < -0.39 is 12.0 Å². The molecule has 0 fully saturated rings. The minimum atomic E-state index is -0.631. The number of fused-ring (bicyclic) bond motifs is 1. The van der Waals surface area contributed by atoms with E-state index in [1.54, 1.807) is 6.92 Å². The van der Waals surface area contributed by atoms with Crippen molar-refractivity contribution in [3.8, 4) is 0 Å². The highest BCUT2D eigenvalue weighted by atomic mass is 16.5. The molecule has 1 aromatic rings. The first-order valence-corrected chi connectivity index (χ1v) is 5.84. The van der Waals surface area contributed by atoms with Gasteiger partial charge in [-0.15, -0.1) is 0 Å². The van der Waals surface area contributed by atoms with E-state index in [1.165, 1.54) is 7.11 Å². The number of methoxy groups -OCH3 is 1. The molecular formula is C13H16N2O3. The quantitative estimate of drug-likeness (QED) is 0.773. The lowest BCUT2D eigenvalue weighted by Gasteiger charge is -2.15. The van der Waals surface area contributed by atoms with Crippen LogP contribution < -0.4 is 10.6 Å². The van der Waals surface area contributed by atoms with E-state index in [-0.39, 0.29) is 11.9 Å². The molecule has 1 amide bonds. The topological polar surface area (TPSA) is 67.4 Å². The van der Waals surface area contributed by atoms with Crippen LogP contribution in [0.3, 0.4) is 0 Å². The zero-order chi connectivity index (χ0) is 13.1. The molecule has 1 aliphatic rings. The van der Waals surface area contributed by atoms with Crippen LogP contribution in [0, 0.1) is 0 Å². The lowest BCUT2D eigenvalue weighted by atomic mass is 10.1. The number of hydrogen-bond acceptors (Lipinski definition) is 4. The van der Waals surface area contributed by atoms with Crippen molar-refractivity contribution in [2.75, 3.05) is 12.4 Å². The average molecular weight is 248 g/mol. The van der Waals surface area contributed by atoms with Gasteiger partial charge < -0.3 is 15.4 Å². The van der Waals surface area contributed by atoms with Gasteiger partial charge in [-0.25, -0.2) is 4.79 Å². The maximum Gasteiger partial charge on any atom is 0.328 e. The van der Waals surface area contributed by atoms with E-state index in [1.807, 2.05) is 24.3 Å². The first-order chi connectivity index (χ1) is 8.61. The normalized spacial score (nSPS) is 18.4. The summed E-state index contributed by atoms with van der Waals surface area (Å²) >= 11 is 0. The van der Waals surface area contributed by atoms with Crippen molar-refractivity contribution in [3.63, 3.8) is 0 Å². The highest BCUT2D eigenvalue weighted by Gasteiger charge is 2.28. The Labute approximate surface area is 106 Å². The summed E-state index contributed by atoms with van der Waals surface area (Å²) in [5, 5.41) is 5.76. The number of nitrogens with one attached hydrogen (secondary N) is 2. The van der Waals surface area contributed by atoms with Crippen LogP contribution in [0.5, 0.6) is 0 Å². The molecule has 96 valence electrons. The maximum atomic E-state index is 12.0. The summed E-state index contributed by atoms with van der Waals surface area (Å²) in [7, 11) is 1.30. The van der Waals surface area contributed by atoms with Crippen LogP contribution in [0.15, 0.2) is 24.3 Å². The van der Waals surface area contributed by atoms with Crippen molar-refractivity contribution in [2.45, 2.75) is 25.4 Å². The first-order valence-electron chi connectivity index (χ1n) is 5.84. The van der Waals surface area contributed by atoms with E-state index >= 15 is 0 Å². The lowest BCUT2D eigenvalue weighted by molar-refractivity contribution is -0.144. The number of rotatable bonds is 3. The Balaban J connectivity index is 1.95. The predicted octanol–water partition coefficient (Wildman–Crippen LogP) is 0.701. The molecule has 2 atom stereocenters. The van der Waals surface area contributed by atoms with Crippen molar-refractivity contribution >= 4 is 17.6 Å². The Morgan fingerprint density at radius 3 is 2.83 bits per heavy atom. The molecule has 1 heterocycles. The van der Waals surface area contributed by atoms with Gasteiger partial charge >= 0.3 is 5.97 Å². The monoisotopic (exact) mass is 248 g/mol. The third-order valence-electron chi connectivity index (χ3n) is 3.00. The Morgan fingerprint density at radius 2 is 2.17 bits per heavy atom. The summed E-state index contributed by atoms with van der Waals surface area (Å²) in [4.78, 5) is 23.2. The van der Waals surface area contributed by atoms with Gasteiger partial charge in [0.1, 0.15) is 12.1 Å². The van der Waals surface area contributed by atoms with Gasteiger partial charge in [0, 0.05) is 12.1 Å². The van der Waals surface area contributed by atoms with E-state index in [0.717, 1.165) is 11.3 Å². The number of benzene rings is 1. The molecule has 2 N–H and O–H groups in total. The Morgan fingerprint density at radius 1 is 1.44 bits per heavy atom. The maximum absolute atomic E-state index is 12.0. The van der Waals surface area contributed by atoms with E-state index in [2.05, 4.69) is 15.4 Å². The summed E-state index contributed by atoms with van der Waals surface area (Å²) in [6.07, 6.45) is 0.635. The van der Waals surface area contributed by atoms with E-state index in [0.29, 0.717) is 6.42 Å². The van der Waals surface area contributed by atoms with Gasteiger partial charge in [-0.3, -0.25) is 4.79 Å². The SMILES string of the molecule is COC(=O)C(C)NC(=O)C1Cc2ccccc2N1. The largest absolute Gasteiger partial charge is 0.467 e. The van der Waals surface area contributed by atoms with Gasteiger partial charge in [0.05, 0.1) is 7.11 Å². The average Bonchev–Trinajstić information content (AvgIpc) is 2.81. The number of ether oxygens (including phenoxy) is 1. The van der Waals surface area contributed by atoms with Gasteiger partial charge in [0.15, 0.2) is 0 Å². The van der Waals surface area contributed by atoms with Crippen LogP contribution in [0.4, 0.5) is 5.69 Å². The standard InChI is InChI=1S/C13H16N2O3/c1-8(13(17)18-2)14-12(16)11-7-9-5-3-4-6-10(9)15-11/h3-6,8,11,15H,7H2,1-2H3,(H,14,16). The molecule has 0 saturated carbocycles. The molecule has 5 heteroatoms. The van der Waals surface area contributed by atoms with Gasteiger partial charge in [-0.2, -0.15) is 0 Å². The Bertz CT molecular complexity index is 448. The number of hydrogen-bond donors (Lipinski definition) is 2. The number of amides is 1. The molecule has 0 bridgehead atoms. The molecule has 2 unspecified atom stereocenters. The predicted molar refractivity (Wildman–Crippen MR) is 67.2 cm³/mol. The molecular weight excluding hydrogens is 232 g/mol. The van der Waals surface area contributed by atoms with Crippen molar-refractivity contribution in [1.29, 1.82) is 0 Å². The third kappa shape index (κ3) is 2.45. The van der Waals surface area contributed by atoms with Crippen LogP contribution in [-0.2, 0) is 20.7 Å². The minimum Gasteiger partial charge on any atom is -0.467 e. The number of esters is 1. The molecule has 1 aromatic carbocycles. The lowest BCUT2D eigenvalue weighted by Crippen LogP contribution is -2.46. The van der Waals surface area contributed by atoms with Gasteiger partial charge in [0.2, 0.25) is 5.91 Å². The fourth-order valence-corrected chi connectivity index (χ4v) is 2.01.